The van der Waals surface area contributed by atoms with Gasteiger partial charge in [0.1, 0.15) is 5.82 Å². The van der Waals surface area contributed by atoms with Gasteiger partial charge in [-0.2, -0.15) is 0 Å². The predicted octanol–water partition coefficient (Wildman–Crippen LogP) is 2.35. The molecule has 2 rings (SSSR count). The number of hydrogen-bond donors (Lipinski definition) is 3. The lowest BCUT2D eigenvalue weighted by molar-refractivity contribution is 0.102. The van der Waals surface area contributed by atoms with Gasteiger partial charge in [0.15, 0.2) is 11.6 Å². The number of amides is 1. The van der Waals surface area contributed by atoms with Gasteiger partial charge in [0.2, 0.25) is 0 Å². The van der Waals surface area contributed by atoms with Crippen LogP contribution in [-0.4, -0.2) is 10.9 Å². The maximum Gasteiger partial charge on any atom is 0.259 e. The molecule has 1 amide bonds. The Hall–Kier alpha value is -2.61. The number of aromatic nitrogens is 1. The van der Waals surface area contributed by atoms with Crippen molar-refractivity contribution in [3.63, 3.8) is 0 Å². The molecule has 0 saturated carbocycles. The van der Waals surface area contributed by atoms with E-state index >= 15 is 0 Å². The van der Waals surface area contributed by atoms with Crippen LogP contribution in [0.5, 0.6) is 0 Å². The van der Waals surface area contributed by atoms with Crippen LogP contribution in [-0.2, 0) is 0 Å². The summed E-state index contributed by atoms with van der Waals surface area (Å²) >= 11 is 0. The first-order valence-corrected chi connectivity index (χ1v) is 5.81. The summed E-state index contributed by atoms with van der Waals surface area (Å²) < 4.78 is 39.6. The first-order chi connectivity index (χ1) is 9.92. The number of pyridine rings is 1. The summed E-state index contributed by atoms with van der Waals surface area (Å²) in [6.45, 7) is 1.68. The summed E-state index contributed by atoms with van der Waals surface area (Å²) in [6.07, 6.45) is 1.22. The van der Waals surface area contributed by atoms with Crippen LogP contribution >= 0.6 is 0 Å². The van der Waals surface area contributed by atoms with E-state index in [4.69, 9.17) is 5.84 Å². The second-order valence-corrected chi connectivity index (χ2v) is 4.22. The summed E-state index contributed by atoms with van der Waals surface area (Å²) in [4.78, 5) is 15.9. The fraction of sp³-hybridized carbons (Fsp3) is 0.0769. The number of halogens is 3. The van der Waals surface area contributed by atoms with E-state index in [1.807, 2.05) is 0 Å². The third-order valence-electron chi connectivity index (χ3n) is 2.68. The quantitative estimate of drug-likeness (QED) is 0.461. The number of hydrogen-bond acceptors (Lipinski definition) is 4. The van der Waals surface area contributed by atoms with Gasteiger partial charge < -0.3 is 10.7 Å². The Morgan fingerprint density at radius 3 is 2.57 bits per heavy atom. The van der Waals surface area contributed by atoms with E-state index in [9.17, 15) is 18.0 Å². The van der Waals surface area contributed by atoms with Crippen molar-refractivity contribution < 1.29 is 18.0 Å². The van der Waals surface area contributed by atoms with Gasteiger partial charge in [0, 0.05) is 24.0 Å². The zero-order valence-electron chi connectivity index (χ0n) is 10.9. The number of nitrogens with zero attached hydrogens (tertiary/aromatic N) is 1. The summed E-state index contributed by atoms with van der Waals surface area (Å²) in [5.74, 6) is 0.707. The molecule has 0 saturated heterocycles. The highest BCUT2D eigenvalue weighted by molar-refractivity contribution is 6.07. The van der Waals surface area contributed by atoms with Gasteiger partial charge >= 0.3 is 0 Å². The van der Waals surface area contributed by atoms with Crippen molar-refractivity contribution in [2.24, 2.45) is 5.84 Å². The standard InChI is InChI=1S/C13H11F3N4O/c1-6-2-10(20-17)8(5-18-6)13(21)19-11-4-7(14)3-9(15)12(11)16/h2-5H,17H2,1H3,(H,18,20)(H,19,21). The average molecular weight is 296 g/mol. The number of rotatable bonds is 3. The molecular weight excluding hydrogens is 285 g/mol. The lowest BCUT2D eigenvalue weighted by Crippen LogP contribution is -2.19. The molecule has 0 radical (unpaired) electrons. The highest BCUT2D eigenvalue weighted by atomic mass is 19.2. The molecule has 8 heteroatoms. The van der Waals surface area contributed by atoms with Crippen molar-refractivity contribution >= 4 is 17.3 Å². The minimum absolute atomic E-state index is 0.00664. The van der Waals surface area contributed by atoms with Gasteiger partial charge in [-0.15, -0.1) is 0 Å². The molecule has 2 aromatic rings. The van der Waals surface area contributed by atoms with E-state index in [0.717, 1.165) is 0 Å². The second-order valence-electron chi connectivity index (χ2n) is 4.22. The number of hydrazine groups is 1. The van der Waals surface area contributed by atoms with Gasteiger partial charge in [-0.1, -0.05) is 0 Å². The van der Waals surface area contributed by atoms with Crippen LogP contribution in [0.3, 0.4) is 0 Å². The first kappa shape index (κ1) is 14.8. The molecule has 110 valence electrons. The van der Waals surface area contributed by atoms with E-state index in [1.54, 1.807) is 6.92 Å². The summed E-state index contributed by atoms with van der Waals surface area (Å²) in [7, 11) is 0. The SMILES string of the molecule is Cc1cc(NN)c(C(=O)Nc2cc(F)cc(F)c2F)cn1. The Balaban J connectivity index is 2.35. The Morgan fingerprint density at radius 1 is 1.19 bits per heavy atom. The summed E-state index contributed by atoms with van der Waals surface area (Å²) in [6, 6.07) is 2.55. The zero-order chi connectivity index (χ0) is 15.6. The van der Waals surface area contributed by atoms with Crippen molar-refractivity contribution in [1.29, 1.82) is 0 Å². The Morgan fingerprint density at radius 2 is 1.90 bits per heavy atom. The van der Waals surface area contributed by atoms with Gasteiger partial charge in [-0.05, 0) is 13.0 Å². The molecule has 0 unspecified atom stereocenters. The Bertz CT molecular complexity index is 706. The Kier molecular flexibility index (Phi) is 4.08. The van der Waals surface area contributed by atoms with Crippen molar-refractivity contribution in [3.8, 4) is 0 Å². The minimum atomic E-state index is -1.40. The molecular formula is C13H11F3N4O. The van der Waals surface area contributed by atoms with E-state index in [-0.39, 0.29) is 11.3 Å². The molecule has 5 nitrogen and oxygen atoms in total. The van der Waals surface area contributed by atoms with Crippen molar-refractivity contribution in [1.82, 2.24) is 4.98 Å². The fourth-order valence-corrected chi connectivity index (χ4v) is 1.70. The van der Waals surface area contributed by atoms with Gasteiger partial charge in [0.25, 0.3) is 5.91 Å². The van der Waals surface area contributed by atoms with Gasteiger partial charge in [0.05, 0.1) is 16.9 Å². The number of nitrogen functional groups attached to an aromatic ring is 1. The molecule has 0 aliphatic heterocycles. The van der Waals surface area contributed by atoms with Crippen LogP contribution in [0.1, 0.15) is 16.1 Å². The Labute approximate surface area is 118 Å². The van der Waals surface area contributed by atoms with E-state index in [1.165, 1.54) is 12.3 Å². The van der Waals surface area contributed by atoms with Crippen LogP contribution < -0.4 is 16.6 Å². The molecule has 0 aliphatic carbocycles. The monoisotopic (exact) mass is 296 g/mol. The van der Waals surface area contributed by atoms with Crippen molar-refractivity contribution in [2.45, 2.75) is 6.92 Å². The number of carbonyl (C=O) groups is 1. The van der Waals surface area contributed by atoms with Crippen molar-refractivity contribution in [2.75, 3.05) is 10.7 Å². The van der Waals surface area contributed by atoms with E-state index < -0.39 is 29.0 Å². The molecule has 4 N–H and O–H groups in total. The molecule has 0 spiro atoms. The van der Waals surface area contributed by atoms with E-state index in [2.05, 4.69) is 15.7 Å². The van der Waals surface area contributed by atoms with E-state index in [0.29, 0.717) is 17.8 Å². The summed E-state index contributed by atoms with van der Waals surface area (Å²) in [5.41, 5.74) is 2.54. The largest absolute Gasteiger partial charge is 0.323 e. The molecule has 1 aromatic carbocycles. The average Bonchev–Trinajstić information content (AvgIpc) is 2.43. The number of benzene rings is 1. The molecule has 0 atom stereocenters. The van der Waals surface area contributed by atoms with Crippen LogP contribution in [0.2, 0.25) is 0 Å². The number of nitrogens with one attached hydrogen (secondary N) is 2. The minimum Gasteiger partial charge on any atom is -0.323 e. The molecule has 1 aromatic heterocycles. The number of nitrogens with two attached hydrogens (primary N) is 1. The van der Waals surface area contributed by atoms with Crippen LogP contribution in [0, 0.1) is 24.4 Å². The number of aryl methyl sites for hydroxylation is 1. The predicted molar refractivity (Wildman–Crippen MR) is 71.1 cm³/mol. The van der Waals surface area contributed by atoms with Crippen molar-refractivity contribution in [3.05, 3.63) is 53.1 Å². The second kappa shape index (κ2) is 5.80. The smallest absolute Gasteiger partial charge is 0.259 e. The lowest BCUT2D eigenvalue weighted by atomic mass is 10.2. The third kappa shape index (κ3) is 3.11. The topological polar surface area (TPSA) is 80.0 Å². The molecule has 1 heterocycles. The lowest BCUT2D eigenvalue weighted by Gasteiger charge is -2.11. The van der Waals surface area contributed by atoms with Crippen LogP contribution in [0.4, 0.5) is 24.5 Å². The maximum atomic E-state index is 13.5. The first-order valence-electron chi connectivity index (χ1n) is 5.81. The van der Waals surface area contributed by atoms with Crippen LogP contribution in [0.15, 0.2) is 24.4 Å². The van der Waals surface area contributed by atoms with Gasteiger partial charge in [-0.3, -0.25) is 15.6 Å². The summed E-state index contributed by atoms with van der Waals surface area (Å²) in [5, 5.41) is 2.07. The highest BCUT2D eigenvalue weighted by Gasteiger charge is 2.17. The normalized spacial score (nSPS) is 10.3. The zero-order valence-corrected chi connectivity index (χ0v) is 10.9. The molecule has 21 heavy (non-hydrogen) atoms. The molecule has 0 fully saturated rings. The number of anilines is 2. The molecule has 0 bridgehead atoms. The van der Waals surface area contributed by atoms with Gasteiger partial charge in [-0.25, -0.2) is 13.2 Å². The molecule has 0 aliphatic rings. The fourth-order valence-electron chi connectivity index (χ4n) is 1.70. The number of carbonyl (C=O) groups excluding carboxylic acids is 1. The maximum absolute atomic E-state index is 13.5. The van der Waals surface area contributed by atoms with Crippen LogP contribution in [0.25, 0.3) is 0 Å². The third-order valence-corrected chi connectivity index (χ3v) is 2.68. The highest BCUT2D eigenvalue weighted by Crippen LogP contribution is 2.21.